The molecule has 96 valence electrons. The van der Waals surface area contributed by atoms with Crippen molar-refractivity contribution in [2.75, 3.05) is 39.8 Å². The largest absolute Gasteiger partial charge is 0.389 e. The van der Waals surface area contributed by atoms with Gasteiger partial charge in [0, 0.05) is 38.8 Å². The lowest BCUT2D eigenvalue weighted by atomic mass is 9.91. The second-order valence-corrected chi connectivity index (χ2v) is 5.63. The van der Waals surface area contributed by atoms with Gasteiger partial charge in [-0.25, -0.2) is 0 Å². The third kappa shape index (κ3) is 3.42. The van der Waals surface area contributed by atoms with Gasteiger partial charge in [0.2, 0.25) is 0 Å². The SMILES string of the molecule is CC(C)C(C)(O)CN1CCN(C)CC1CN. The maximum atomic E-state index is 10.3. The fourth-order valence-corrected chi connectivity index (χ4v) is 2.07. The maximum Gasteiger partial charge on any atom is 0.0768 e. The predicted octanol–water partition coefficient (Wildman–Crippen LogP) is -0.0319. The van der Waals surface area contributed by atoms with Crippen molar-refractivity contribution in [3.05, 3.63) is 0 Å². The Bertz CT molecular complexity index is 218. The van der Waals surface area contributed by atoms with Gasteiger partial charge >= 0.3 is 0 Å². The lowest BCUT2D eigenvalue weighted by molar-refractivity contribution is -0.0419. The Morgan fingerprint density at radius 3 is 2.56 bits per heavy atom. The molecule has 3 N–H and O–H groups in total. The Hall–Kier alpha value is -0.160. The van der Waals surface area contributed by atoms with Crippen molar-refractivity contribution in [1.82, 2.24) is 9.80 Å². The average molecular weight is 229 g/mol. The highest BCUT2D eigenvalue weighted by atomic mass is 16.3. The molecule has 0 radical (unpaired) electrons. The highest BCUT2D eigenvalue weighted by molar-refractivity contribution is 4.88. The van der Waals surface area contributed by atoms with Crippen LogP contribution in [0.1, 0.15) is 20.8 Å². The Morgan fingerprint density at radius 1 is 1.44 bits per heavy atom. The van der Waals surface area contributed by atoms with Gasteiger partial charge in [0.1, 0.15) is 0 Å². The molecule has 2 atom stereocenters. The molecule has 4 nitrogen and oxygen atoms in total. The van der Waals surface area contributed by atoms with E-state index in [1.54, 1.807) is 0 Å². The number of hydrogen-bond acceptors (Lipinski definition) is 4. The molecule has 1 rings (SSSR count). The van der Waals surface area contributed by atoms with Crippen molar-refractivity contribution in [1.29, 1.82) is 0 Å². The minimum Gasteiger partial charge on any atom is -0.389 e. The van der Waals surface area contributed by atoms with Gasteiger partial charge < -0.3 is 15.7 Å². The highest BCUT2D eigenvalue weighted by Crippen LogP contribution is 2.20. The normalized spacial score (nSPS) is 28.3. The molecule has 0 spiro atoms. The van der Waals surface area contributed by atoms with E-state index in [0.29, 0.717) is 12.6 Å². The summed E-state index contributed by atoms with van der Waals surface area (Å²) in [6, 6.07) is 0.379. The number of hydrogen-bond donors (Lipinski definition) is 2. The monoisotopic (exact) mass is 229 g/mol. The molecule has 16 heavy (non-hydrogen) atoms. The summed E-state index contributed by atoms with van der Waals surface area (Å²) in [5.74, 6) is 0.269. The van der Waals surface area contributed by atoms with Gasteiger partial charge in [0.25, 0.3) is 0 Å². The molecule has 1 heterocycles. The van der Waals surface area contributed by atoms with Crippen molar-refractivity contribution >= 4 is 0 Å². The number of nitrogens with zero attached hydrogens (tertiary/aromatic N) is 2. The maximum absolute atomic E-state index is 10.3. The van der Waals surface area contributed by atoms with Crippen molar-refractivity contribution in [3.8, 4) is 0 Å². The van der Waals surface area contributed by atoms with Gasteiger partial charge in [-0.3, -0.25) is 4.90 Å². The molecule has 0 aromatic rings. The number of β-amino-alcohol motifs (C(OH)–C–C–N with tert-alkyl or cyclic N) is 1. The fraction of sp³-hybridized carbons (Fsp3) is 1.00. The molecule has 0 aromatic heterocycles. The first-order valence-electron chi connectivity index (χ1n) is 6.22. The first-order chi connectivity index (χ1) is 7.36. The van der Waals surface area contributed by atoms with Gasteiger partial charge in [-0.05, 0) is 19.9 Å². The van der Waals surface area contributed by atoms with Gasteiger partial charge in [0.15, 0.2) is 0 Å². The van der Waals surface area contributed by atoms with E-state index >= 15 is 0 Å². The van der Waals surface area contributed by atoms with Crippen LogP contribution >= 0.6 is 0 Å². The quantitative estimate of drug-likeness (QED) is 0.711. The Morgan fingerprint density at radius 2 is 2.06 bits per heavy atom. The molecule has 2 unspecified atom stereocenters. The van der Waals surface area contributed by atoms with Crippen LogP contribution in [0.3, 0.4) is 0 Å². The van der Waals surface area contributed by atoms with Crippen molar-refractivity contribution < 1.29 is 5.11 Å². The first-order valence-corrected chi connectivity index (χ1v) is 6.22. The zero-order chi connectivity index (χ0) is 12.3. The van der Waals surface area contributed by atoms with E-state index in [2.05, 4.69) is 30.7 Å². The second kappa shape index (κ2) is 5.45. The molecule has 0 saturated carbocycles. The van der Waals surface area contributed by atoms with Crippen LogP contribution in [0, 0.1) is 5.92 Å². The summed E-state index contributed by atoms with van der Waals surface area (Å²) in [6.07, 6.45) is 0. The summed E-state index contributed by atoms with van der Waals surface area (Å²) in [6.45, 7) is 10.5. The Labute approximate surface area is 99.4 Å². The number of aliphatic hydroxyl groups is 1. The molecule has 1 aliphatic rings. The smallest absolute Gasteiger partial charge is 0.0768 e. The van der Waals surface area contributed by atoms with Crippen LogP contribution in [0.15, 0.2) is 0 Å². The molecule has 0 bridgehead atoms. The summed E-state index contributed by atoms with van der Waals surface area (Å²) >= 11 is 0. The minimum atomic E-state index is -0.622. The van der Waals surface area contributed by atoms with E-state index in [4.69, 9.17) is 5.73 Å². The van der Waals surface area contributed by atoms with Gasteiger partial charge in [-0.1, -0.05) is 13.8 Å². The van der Waals surface area contributed by atoms with Crippen LogP contribution in [0.25, 0.3) is 0 Å². The molecular formula is C12H27N3O. The highest BCUT2D eigenvalue weighted by Gasteiger charge is 2.32. The number of likely N-dealkylation sites (N-methyl/N-ethyl adjacent to an activating group) is 1. The van der Waals surface area contributed by atoms with E-state index in [1.807, 2.05) is 6.92 Å². The van der Waals surface area contributed by atoms with Crippen molar-refractivity contribution in [2.45, 2.75) is 32.4 Å². The van der Waals surface area contributed by atoms with Crippen LogP contribution in [0.4, 0.5) is 0 Å². The summed E-state index contributed by atoms with van der Waals surface area (Å²) in [7, 11) is 2.13. The lowest BCUT2D eigenvalue weighted by Gasteiger charge is -2.43. The van der Waals surface area contributed by atoms with Gasteiger partial charge in [0.05, 0.1) is 5.60 Å². The molecule has 4 heteroatoms. The summed E-state index contributed by atoms with van der Waals surface area (Å²) in [4.78, 5) is 4.64. The fourth-order valence-electron chi connectivity index (χ4n) is 2.07. The molecule has 0 amide bonds. The third-order valence-electron chi connectivity index (χ3n) is 3.85. The molecule has 0 aromatic carbocycles. The Kier molecular flexibility index (Phi) is 4.73. The topological polar surface area (TPSA) is 52.7 Å². The van der Waals surface area contributed by atoms with Crippen LogP contribution in [0.5, 0.6) is 0 Å². The van der Waals surface area contributed by atoms with Crippen LogP contribution in [-0.4, -0.2) is 66.3 Å². The van der Waals surface area contributed by atoms with Crippen molar-refractivity contribution in [2.24, 2.45) is 11.7 Å². The molecule has 1 saturated heterocycles. The molecule has 0 aliphatic carbocycles. The van der Waals surface area contributed by atoms with E-state index in [0.717, 1.165) is 26.2 Å². The molecule has 1 aliphatic heterocycles. The summed E-state index contributed by atoms with van der Waals surface area (Å²) in [5.41, 5.74) is 5.18. The standard InChI is InChI=1S/C12H27N3O/c1-10(2)12(3,16)9-15-6-5-14(4)8-11(15)7-13/h10-11,16H,5-9,13H2,1-4H3. The van der Waals surface area contributed by atoms with E-state index in [-0.39, 0.29) is 5.92 Å². The average Bonchev–Trinajstić information content (AvgIpc) is 2.20. The number of nitrogens with two attached hydrogens (primary N) is 1. The first kappa shape index (κ1) is 13.9. The van der Waals surface area contributed by atoms with Crippen LogP contribution in [0.2, 0.25) is 0 Å². The zero-order valence-corrected chi connectivity index (χ0v) is 11.1. The zero-order valence-electron chi connectivity index (χ0n) is 11.1. The second-order valence-electron chi connectivity index (χ2n) is 5.63. The van der Waals surface area contributed by atoms with Crippen LogP contribution < -0.4 is 5.73 Å². The number of rotatable bonds is 4. The predicted molar refractivity (Wildman–Crippen MR) is 67.4 cm³/mol. The number of piperazine rings is 1. The summed E-state index contributed by atoms with van der Waals surface area (Å²) < 4.78 is 0. The minimum absolute atomic E-state index is 0.269. The van der Waals surface area contributed by atoms with E-state index < -0.39 is 5.60 Å². The van der Waals surface area contributed by atoms with E-state index in [9.17, 15) is 5.11 Å². The van der Waals surface area contributed by atoms with Crippen LogP contribution in [-0.2, 0) is 0 Å². The van der Waals surface area contributed by atoms with Gasteiger partial charge in [-0.15, -0.1) is 0 Å². The van der Waals surface area contributed by atoms with Gasteiger partial charge in [-0.2, -0.15) is 0 Å². The Balaban J connectivity index is 2.58. The molecule has 1 fully saturated rings. The van der Waals surface area contributed by atoms with E-state index in [1.165, 1.54) is 0 Å². The third-order valence-corrected chi connectivity index (χ3v) is 3.85. The molecular weight excluding hydrogens is 202 g/mol. The van der Waals surface area contributed by atoms with Crippen molar-refractivity contribution in [3.63, 3.8) is 0 Å². The summed E-state index contributed by atoms with van der Waals surface area (Å²) in [5, 5.41) is 10.3. The lowest BCUT2D eigenvalue weighted by Crippen LogP contribution is -2.59.